The van der Waals surface area contributed by atoms with Crippen molar-refractivity contribution in [2.45, 2.75) is 39.0 Å². The predicted molar refractivity (Wildman–Crippen MR) is 140 cm³/mol. The number of nitrogens with one attached hydrogen (secondary N) is 2. The van der Waals surface area contributed by atoms with Gasteiger partial charge in [0.05, 0.1) is 23.0 Å². The number of halogens is 1. The number of aryl methyl sites for hydroxylation is 1. The van der Waals surface area contributed by atoms with Crippen molar-refractivity contribution in [2.24, 2.45) is 0 Å². The predicted octanol–water partition coefficient (Wildman–Crippen LogP) is 4.70. The van der Waals surface area contributed by atoms with Crippen LogP contribution in [0.2, 0.25) is 0 Å². The quantitative estimate of drug-likeness (QED) is 0.413. The Labute approximate surface area is 219 Å². The number of ether oxygens (including phenoxy) is 1. The average Bonchev–Trinajstić information content (AvgIpc) is 3.30. The molecular weight excluding hydrogens is 489 g/mol. The molecule has 1 fully saturated rings. The van der Waals surface area contributed by atoms with E-state index in [2.05, 4.69) is 38.2 Å². The summed E-state index contributed by atoms with van der Waals surface area (Å²) >= 11 is 0. The Morgan fingerprint density at radius 3 is 2.79 bits per heavy atom. The van der Waals surface area contributed by atoms with Crippen LogP contribution in [-0.4, -0.2) is 45.8 Å². The van der Waals surface area contributed by atoms with Crippen molar-refractivity contribution in [3.63, 3.8) is 0 Å². The van der Waals surface area contributed by atoms with Crippen LogP contribution in [0.15, 0.2) is 55.4 Å². The second-order valence-corrected chi connectivity index (χ2v) is 8.79. The number of nitrogens with zero attached hydrogens (tertiary/aromatic N) is 5. The first-order valence-electron chi connectivity index (χ1n) is 11.9. The van der Waals surface area contributed by atoms with Gasteiger partial charge in [0, 0.05) is 18.0 Å². The van der Waals surface area contributed by atoms with Crippen LogP contribution in [0.4, 0.5) is 26.6 Å². The van der Waals surface area contributed by atoms with E-state index in [0.29, 0.717) is 16.9 Å². The van der Waals surface area contributed by atoms with E-state index in [-0.39, 0.29) is 24.4 Å². The highest BCUT2D eigenvalue weighted by Crippen LogP contribution is 2.30. The number of nitriles is 1. The second kappa shape index (κ2) is 11.0. The number of amides is 2. The number of alkyl halides is 1. The Morgan fingerprint density at radius 2 is 2.11 bits per heavy atom. The van der Waals surface area contributed by atoms with E-state index in [0.717, 1.165) is 22.8 Å². The van der Waals surface area contributed by atoms with Gasteiger partial charge >= 0.3 is 6.09 Å². The van der Waals surface area contributed by atoms with Crippen LogP contribution in [0.1, 0.15) is 36.7 Å². The lowest BCUT2D eigenvalue weighted by molar-refractivity contribution is -0.111. The van der Waals surface area contributed by atoms with Crippen molar-refractivity contribution in [3.8, 4) is 17.2 Å². The number of anilines is 3. The third-order valence-electron chi connectivity index (χ3n) is 6.14. The molecule has 0 radical (unpaired) electrons. The molecule has 3 aromatic rings. The van der Waals surface area contributed by atoms with Crippen LogP contribution in [0.5, 0.6) is 0 Å². The van der Waals surface area contributed by atoms with Gasteiger partial charge in [-0.15, -0.1) is 0 Å². The number of hydrogen-bond donors (Lipinski definition) is 2. The van der Waals surface area contributed by atoms with Crippen molar-refractivity contribution < 1.29 is 18.7 Å². The van der Waals surface area contributed by atoms with E-state index < -0.39 is 24.2 Å². The number of cyclic esters (lactones) is 1. The van der Waals surface area contributed by atoms with Crippen LogP contribution in [0.25, 0.3) is 11.1 Å². The van der Waals surface area contributed by atoms with E-state index in [1.807, 2.05) is 19.9 Å². The molecule has 0 unspecified atom stereocenters. The molecule has 2 amide bonds. The molecule has 1 saturated heterocycles. The minimum absolute atomic E-state index is 0.0451. The summed E-state index contributed by atoms with van der Waals surface area (Å²) in [5.41, 5.74) is 3.97. The lowest BCUT2D eigenvalue weighted by Crippen LogP contribution is -2.39. The molecule has 11 heteroatoms. The zero-order valence-electron chi connectivity index (χ0n) is 21.1. The summed E-state index contributed by atoms with van der Waals surface area (Å²) in [6, 6.07) is 9.60. The van der Waals surface area contributed by atoms with Crippen molar-refractivity contribution in [1.82, 2.24) is 15.0 Å². The number of carbonyl (C=O) groups excluding carboxylic acids is 2. The van der Waals surface area contributed by atoms with Gasteiger partial charge in [-0.25, -0.2) is 14.2 Å². The minimum atomic E-state index is -1.29. The van der Waals surface area contributed by atoms with Gasteiger partial charge in [0.15, 0.2) is 0 Å². The molecule has 4 rings (SSSR count). The van der Waals surface area contributed by atoms with E-state index in [4.69, 9.17) is 4.74 Å². The summed E-state index contributed by atoms with van der Waals surface area (Å²) in [6.45, 7) is 8.59. The highest BCUT2D eigenvalue weighted by molar-refractivity contribution is 6.00. The van der Waals surface area contributed by atoms with E-state index >= 15 is 0 Å². The molecular formula is C27H26FN7O3. The van der Waals surface area contributed by atoms with Crippen LogP contribution in [0, 0.1) is 18.3 Å². The Bertz CT molecular complexity index is 1440. The van der Waals surface area contributed by atoms with Crippen molar-refractivity contribution in [3.05, 3.63) is 72.2 Å². The summed E-state index contributed by atoms with van der Waals surface area (Å²) in [7, 11) is 0. The van der Waals surface area contributed by atoms with Crippen LogP contribution < -0.4 is 15.5 Å². The summed E-state index contributed by atoms with van der Waals surface area (Å²) in [5.74, 6) is 0.0796. The summed E-state index contributed by atoms with van der Waals surface area (Å²) < 4.78 is 19.0. The fourth-order valence-electron chi connectivity index (χ4n) is 4.07. The van der Waals surface area contributed by atoms with Crippen molar-refractivity contribution in [2.75, 3.05) is 22.1 Å². The zero-order valence-corrected chi connectivity index (χ0v) is 21.1. The standard InChI is InChI=1S/C27H26FN7O3/c1-5-25(36)33-22-11-18(6-7-19(22)12-29)20-13-31-21(10-15(20)2)17(4)32-26-30-9-8-24(34-26)35-23(16(3)28)14-38-27(35)37/h5-11,13,16-17,23H,1,14H2,2-4H3,(H,33,36)(H,30,32,34)/t16-,17-,23+/m0/s1. The third kappa shape index (κ3) is 5.44. The maximum absolute atomic E-state index is 14.0. The Kier molecular flexibility index (Phi) is 7.62. The normalized spacial score (nSPS) is 16.2. The lowest BCUT2D eigenvalue weighted by atomic mass is 9.99. The number of rotatable bonds is 8. The largest absolute Gasteiger partial charge is 0.447 e. The molecule has 10 nitrogen and oxygen atoms in total. The summed E-state index contributed by atoms with van der Waals surface area (Å²) in [6.07, 6.45) is 2.40. The molecule has 1 aromatic carbocycles. The van der Waals surface area contributed by atoms with Crippen LogP contribution in [0.3, 0.4) is 0 Å². The zero-order chi connectivity index (χ0) is 27.4. The highest BCUT2D eigenvalue weighted by Gasteiger charge is 2.39. The first-order chi connectivity index (χ1) is 18.2. The smallest absolute Gasteiger partial charge is 0.416 e. The first-order valence-corrected chi connectivity index (χ1v) is 11.9. The fourth-order valence-corrected chi connectivity index (χ4v) is 4.07. The molecule has 1 aliphatic rings. The summed E-state index contributed by atoms with van der Waals surface area (Å²) in [5, 5.41) is 15.2. The maximum Gasteiger partial charge on any atom is 0.416 e. The highest BCUT2D eigenvalue weighted by atomic mass is 19.1. The van der Waals surface area contributed by atoms with Gasteiger partial charge in [-0.05, 0) is 62.2 Å². The van der Waals surface area contributed by atoms with Gasteiger partial charge in [-0.2, -0.15) is 10.2 Å². The fraction of sp³-hybridized carbons (Fsp3) is 0.259. The topological polar surface area (TPSA) is 133 Å². The molecule has 0 aliphatic carbocycles. The summed E-state index contributed by atoms with van der Waals surface area (Å²) in [4.78, 5) is 38.3. The molecule has 3 atom stereocenters. The Balaban J connectivity index is 1.54. The van der Waals surface area contributed by atoms with Crippen LogP contribution in [-0.2, 0) is 9.53 Å². The molecule has 2 N–H and O–H groups in total. The average molecular weight is 516 g/mol. The number of benzene rings is 1. The first kappa shape index (κ1) is 26.2. The number of hydrogen-bond acceptors (Lipinski definition) is 8. The Hall–Kier alpha value is -4.85. The molecule has 2 aromatic heterocycles. The minimum Gasteiger partial charge on any atom is -0.447 e. The Morgan fingerprint density at radius 1 is 1.32 bits per heavy atom. The molecule has 38 heavy (non-hydrogen) atoms. The monoisotopic (exact) mass is 515 g/mol. The molecule has 0 saturated carbocycles. The van der Waals surface area contributed by atoms with E-state index in [9.17, 15) is 19.2 Å². The van der Waals surface area contributed by atoms with Crippen molar-refractivity contribution in [1.29, 1.82) is 5.26 Å². The third-order valence-corrected chi connectivity index (χ3v) is 6.14. The van der Waals surface area contributed by atoms with E-state index in [1.54, 1.807) is 24.4 Å². The number of pyridine rings is 1. The molecule has 194 valence electrons. The van der Waals surface area contributed by atoms with Gasteiger partial charge in [-0.3, -0.25) is 14.7 Å². The second-order valence-electron chi connectivity index (χ2n) is 8.79. The SMILES string of the molecule is C=CC(=O)Nc1cc(-c2cnc([C@H](C)Nc3nccc(N4C(=O)OC[C@@H]4[C@H](C)F)n3)cc2C)ccc1C#N. The van der Waals surface area contributed by atoms with Gasteiger partial charge < -0.3 is 15.4 Å². The van der Waals surface area contributed by atoms with Crippen LogP contribution >= 0.6 is 0 Å². The number of carbonyl (C=O) groups is 2. The lowest BCUT2D eigenvalue weighted by Gasteiger charge is -2.22. The van der Waals surface area contributed by atoms with Gasteiger partial charge in [0.25, 0.3) is 0 Å². The maximum atomic E-state index is 14.0. The number of aromatic nitrogens is 3. The molecule has 1 aliphatic heterocycles. The molecule has 0 spiro atoms. The molecule has 0 bridgehead atoms. The van der Waals surface area contributed by atoms with Gasteiger partial charge in [-0.1, -0.05) is 12.6 Å². The van der Waals surface area contributed by atoms with Crippen molar-refractivity contribution >= 4 is 29.5 Å². The van der Waals surface area contributed by atoms with Gasteiger partial charge in [0.2, 0.25) is 11.9 Å². The van der Waals surface area contributed by atoms with Gasteiger partial charge in [0.1, 0.15) is 30.7 Å². The molecule has 3 heterocycles. The van der Waals surface area contributed by atoms with E-state index in [1.165, 1.54) is 24.1 Å².